The SMILES string of the molecule is Cc1ccc(N2C(=O)CNC(=O)C2C)c(Cl)c1. The van der Waals surface area contributed by atoms with Crippen LogP contribution >= 0.6 is 11.6 Å². The number of carbonyl (C=O) groups is 2. The molecule has 1 aromatic rings. The van der Waals surface area contributed by atoms with Crippen LogP contribution in [0, 0.1) is 6.92 Å². The summed E-state index contributed by atoms with van der Waals surface area (Å²) >= 11 is 6.12. The van der Waals surface area contributed by atoms with Crippen molar-refractivity contribution in [3.05, 3.63) is 28.8 Å². The molecule has 2 rings (SSSR count). The molecule has 0 bridgehead atoms. The third kappa shape index (κ3) is 2.13. The molecule has 0 radical (unpaired) electrons. The first-order valence-electron chi connectivity index (χ1n) is 5.36. The highest BCUT2D eigenvalue weighted by atomic mass is 35.5. The van der Waals surface area contributed by atoms with E-state index >= 15 is 0 Å². The van der Waals surface area contributed by atoms with Gasteiger partial charge < -0.3 is 5.32 Å². The average molecular weight is 253 g/mol. The number of nitrogens with one attached hydrogen (secondary N) is 1. The number of hydrogen-bond acceptors (Lipinski definition) is 2. The minimum absolute atomic E-state index is 0.0212. The molecule has 1 heterocycles. The van der Waals surface area contributed by atoms with Gasteiger partial charge in [0.15, 0.2) is 0 Å². The van der Waals surface area contributed by atoms with E-state index < -0.39 is 6.04 Å². The van der Waals surface area contributed by atoms with Gasteiger partial charge in [-0.05, 0) is 31.5 Å². The molecule has 1 N–H and O–H groups in total. The van der Waals surface area contributed by atoms with Crippen molar-refractivity contribution in [2.75, 3.05) is 11.4 Å². The number of anilines is 1. The first-order valence-corrected chi connectivity index (χ1v) is 5.74. The molecule has 0 aromatic heterocycles. The fraction of sp³-hybridized carbons (Fsp3) is 0.333. The maximum Gasteiger partial charge on any atom is 0.247 e. The lowest BCUT2D eigenvalue weighted by Gasteiger charge is -2.33. The number of carbonyl (C=O) groups excluding carboxylic acids is 2. The molecular formula is C12H13ClN2O2. The zero-order valence-corrected chi connectivity index (χ0v) is 10.4. The highest BCUT2D eigenvalue weighted by Gasteiger charge is 2.32. The standard InChI is InChI=1S/C12H13ClN2O2/c1-7-3-4-10(9(13)5-7)15-8(2)12(17)14-6-11(15)16/h3-5,8H,6H2,1-2H3,(H,14,17). The van der Waals surface area contributed by atoms with Crippen molar-refractivity contribution >= 4 is 29.1 Å². The van der Waals surface area contributed by atoms with Gasteiger partial charge >= 0.3 is 0 Å². The van der Waals surface area contributed by atoms with E-state index in [0.717, 1.165) is 5.56 Å². The van der Waals surface area contributed by atoms with Crippen LogP contribution in [0.1, 0.15) is 12.5 Å². The Bertz CT molecular complexity index is 487. The molecule has 1 saturated heterocycles. The Morgan fingerprint density at radius 3 is 2.76 bits per heavy atom. The van der Waals surface area contributed by atoms with Crippen LogP contribution in [0.5, 0.6) is 0 Å². The smallest absolute Gasteiger partial charge is 0.247 e. The van der Waals surface area contributed by atoms with Crippen molar-refractivity contribution in [3.63, 3.8) is 0 Å². The van der Waals surface area contributed by atoms with Crippen LogP contribution in [0.25, 0.3) is 0 Å². The molecule has 1 aliphatic rings. The Balaban J connectivity index is 2.43. The maximum atomic E-state index is 11.8. The summed E-state index contributed by atoms with van der Waals surface area (Å²) in [7, 11) is 0. The lowest BCUT2D eigenvalue weighted by molar-refractivity contribution is -0.130. The minimum Gasteiger partial charge on any atom is -0.345 e. The number of aryl methyl sites for hydroxylation is 1. The Hall–Kier alpha value is -1.55. The predicted molar refractivity (Wildman–Crippen MR) is 66.1 cm³/mol. The van der Waals surface area contributed by atoms with Crippen molar-refractivity contribution in [1.29, 1.82) is 0 Å². The van der Waals surface area contributed by atoms with Crippen LogP contribution in [0.15, 0.2) is 18.2 Å². The second kappa shape index (κ2) is 4.37. The molecule has 4 nitrogen and oxygen atoms in total. The number of hydrogen-bond donors (Lipinski definition) is 1. The molecule has 1 aromatic carbocycles. The summed E-state index contributed by atoms with van der Waals surface area (Å²) in [5, 5.41) is 3.02. The molecule has 0 saturated carbocycles. The molecule has 90 valence electrons. The lowest BCUT2D eigenvalue weighted by Crippen LogP contribution is -2.57. The first-order chi connectivity index (χ1) is 8.00. The summed E-state index contributed by atoms with van der Waals surface area (Å²) in [6.07, 6.45) is 0. The quantitative estimate of drug-likeness (QED) is 0.824. The normalized spacial score (nSPS) is 20.4. The largest absolute Gasteiger partial charge is 0.345 e. The van der Waals surface area contributed by atoms with Gasteiger partial charge in [-0.1, -0.05) is 17.7 Å². The molecule has 0 spiro atoms. The third-order valence-electron chi connectivity index (χ3n) is 2.81. The Labute approximate surface area is 105 Å². The lowest BCUT2D eigenvalue weighted by atomic mass is 10.1. The number of amides is 2. The molecule has 1 fully saturated rings. The van der Waals surface area contributed by atoms with E-state index in [-0.39, 0.29) is 18.4 Å². The molecule has 1 aliphatic heterocycles. The Morgan fingerprint density at radius 1 is 1.41 bits per heavy atom. The number of halogens is 1. The first kappa shape index (κ1) is 11.9. The van der Waals surface area contributed by atoms with Gasteiger partial charge in [-0.2, -0.15) is 0 Å². The maximum absolute atomic E-state index is 11.8. The fourth-order valence-corrected chi connectivity index (χ4v) is 2.21. The number of piperazine rings is 1. The van der Waals surface area contributed by atoms with E-state index in [4.69, 9.17) is 11.6 Å². The minimum atomic E-state index is -0.531. The summed E-state index contributed by atoms with van der Waals surface area (Å²) in [6.45, 7) is 3.62. The molecule has 1 unspecified atom stereocenters. The zero-order valence-electron chi connectivity index (χ0n) is 9.66. The average Bonchev–Trinajstić information content (AvgIpc) is 2.27. The monoisotopic (exact) mass is 252 g/mol. The van der Waals surface area contributed by atoms with Crippen molar-refractivity contribution in [3.8, 4) is 0 Å². The van der Waals surface area contributed by atoms with Gasteiger partial charge in [0.05, 0.1) is 17.3 Å². The summed E-state index contributed by atoms with van der Waals surface area (Å²) < 4.78 is 0. The molecule has 1 atom stereocenters. The van der Waals surface area contributed by atoms with Gasteiger partial charge in [0, 0.05) is 0 Å². The second-order valence-corrected chi connectivity index (χ2v) is 4.52. The summed E-state index contributed by atoms with van der Waals surface area (Å²) in [5.74, 6) is -0.316. The van der Waals surface area contributed by atoms with E-state index in [2.05, 4.69) is 5.32 Å². The van der Waals surface area contributed by atoms with E-state index in [9.17, 15) is 9.59 Å². The summed E-state index contributed by atoms with van der Waals surface area (Å²) in [6, 6.07) is 4.89. The molecule has 17 heavy (non-hydrogen) atoms. The summed E-state index contributed by atoms with van der Waals surface area (Å²) in [4.78, 5) is 24.8. The van der Waals surface area contributed by atoms with Crippen LogP contribution in [-0.2, 0) is 9.59 Å². The van der Waals surface area contributed by atoms with E-state index in [0.29, 0.717) is 10.7 Å². The van der Waals surface area contributed by atoms with Crippen LogP contribution in [-0.4, -0.2) is 24.4 Å². The van der Waals surface area contributed by atoms with Crippen LogP contribution in [0.2, 0.25) is 5.02 Å². The van der Waals surface area contributed by atoms with Gasteiger partial charge in [0.1, 0.15) is 6.04 Å². The number of rotatable bonds is 1. The highest BCUT2D eigenvalue weighted by molar-refractivity contribution is 6.34. The van der Waals surface area contributed by atoms with Gasteiger partial charge in [0.25, 0.3) is 0 Å². The predicted octanol–water partition coefficient (Wildman–Crippen LogP) is 1.50. The number of nitrogens with zero attached hydrogens (tertiary/aromatic N) is 1. The van der Waals surface area contributed by atoms with E-state index in [1.54, 1.807) is 19.1 Å². The molecular weight excluding hydrogens is 240 g/mol. The van der Waals surface area contributed by atoms with Gasteiger partial charge in [-0.15, -0.1) is 0 Å². The number of benzene rings is 1. The fourth-order valence-electron chi connectivity index (χ4n) is 1.88. The second-order valence-electron chi connectivity index (χ2n) is 4.11. The van der Waals surface area contributed by atoms with Crippen molar-refractivity contribution in [2.24, 2.45) is 0 Å². The Morgan fingerprint density at radius 2 is 2.12 bits per heavy atom. The zero-order chi connectivity index (χ0) is 12.6. The van der Waals surface area contributed by atoms with Crippen molar-refractivity contribution < 1.29 is 9.59 Å². The van der Waals surface area contributed by atoms with Gasteiger partial charge in [0.2, 0.25) is 11.8 Å². The Kier molecular flexibility index (Phi) is 3.07. The van der Waals surface area contributed by atoms with Crippen LogP contribution < -0.4 is 10.2 Å². The van der Waals surface area contributed by atoms with Crippen LogP contribution in [0.3, 0.4) is 0 Å². The molecule has 2 amide bonds. The van der Waals surface area contributed by atoms with Crippen molar-refractivity contribution in [2.45, 2.75) is 19.9 Å². The van der Waals surface area contributed by atoms with E-state index in [1.165, 1.54) is 4.90 Å². The van der Waals surface area contributed by atoms with Gasteiger partial charge in [-0.25, -0.2) is 0 Å². The molecule has 0 aliphatic carbocycles. The topological polar surface area (TPSA) is 49.4 Å². The third-order valence-corrected chi connectivity index (χ3v) is 3.11. The summed E-state index contributed by atoms with van der Waals surface area (Å²) in [5.41, 5.74) is 1.60. The highest BCUT2D eigenvalue weighted by Crippen LogP contribution is 2.29. The molecule has 5 heteroatoms. The van der Waals surface area contributed by atoms with Crippen molar-refractivity contribution in [1.82, 2.24) is 5.32 Å². The van der Waals surface area contributed by atoms with E-state index in [1.807, 2.05) is 13.0 Å². The van der Waals surface area contributed by atoms with Gasteiger partial charge in [-0.3, -0.25) is 14.5 Å². The van der Waals surface area contributed by atoms with Crippen LogP contribution in [0.4, 0.5) is 5.69 Å².